The fourth-order valence-corrected chi connectivity index (χ4v) is 5.70. The number of hydrogen-bond donors (Lipinski definition) is 1. The minimum absolute atomic E-state index is 0.140. The topological polar surface area (TPSA) is 54.0 Å². The molecule has 2 fully saturated rings. The second-order valence-electron chi connectivity index (χ2n) is 10.8. The molecule has 0 atom stereocenters. The summed E-state index contributed by atoms with van der Waals surface area (Å²) >= 11 is 0. The predicted octanol–water partition coefficient (Wildman–Crippen LogP) is 5.72. The summed E-state index contributed by atoms with van der Waals surface area (Å²) in [4.78, 5) is 15.1. The van der Waals surface area contributed by atoms with E-state index in [0.29, 0.717) is 11.1 Å². The summed E-state index contributed by atoms with van der Waals surface area (Å²) < 4.78 is 21.5. The molecule has 6 heteroatoms. The van der Waals surface area contributed by atoms with E-state index in [1.807, 2.05) is 20.0 Å². The first-order valence-corrected chi connectivity index (χ1v) is 12.2. The highest BCUT2D eigenvalue weighted by Gasteiger charge is 2.36. The van der Waals surface area contributed by atoms with E-state index in [4.69, 9.17) is 4.74 Å². The molecule has 3 aromatic rings. The molecule has 0 aromatic carbocycles. The van der Waals surface area contributed by atoms with Crippen molar-refractivity contribution < 1.29 is 9.13 Å². The van der Waals surface area contributed by atoms with Crippen molar-refractivity contribution in [2.75, 3.05) is 32.8 Å². The average molecular weight is 451 g/mol. The lowest BCUT2D eigenvalue weighted by Gasteiger charge is -2.43. The molecule has 0 bridgehead atoms. The van der Waals surface area contributed by atoms with Gasteiger partial charge < -0.3 is 14.6 Å². The van der Waals surface area contributed by atoms with Gasteiger partial charge in [0.15, 0.2) is 5.82 Å². The maximum atomic E-state index is 16.1. The van der Waals surface area contributed by atoms with Gasteiger partial charge in [0.05, 0.1) is 36.3 Å². The number of aromatic amines is 1. The Balaban J connectivity index is 1.47. The average Bonchev–Trinajstić information content (AvgIpc) is 3.14. The van der Waals surface area contributed by atoms with Gasteiger partial charge in [-0.25, -0.2) is 4.39 Å². The molecular formula is C27H35FN4O. The Morgan fingerprint density at radius 2 is 1.85 bits per heavy atom. The van der Waals surface area contributed by atoms with Crippen LogP contribution >= 0.6 is 0 Å². The van der Waals surface area contributed by atoms with Gasteiger partial charge in [0.25, 0.3) is 0 Å². The molecule has 0 aliphatic carbocycles. The molecule has 3 aromatic heterocycles. The van der Waals surface area contributed by atoms with Crippen LogP contribution in [0.1, 0.15) is 68.1 Å². The summed E-state index contributed by atoms with van der Waals surface area (Å²) in [6.07, 6.45) is 3.73. The number of H-pyrrole nitrogens is 1. The molecular weight excluding hydrogens is 415 g/mol. The molecule has 5 rings (SSSR count). The van der Waals surface area contributed by atoms with Gasteiger partial charge in [0.1, 0.15) is 0 Å². The second kappa shape index (κ2) is 8.48. The Kier molecular flexibility index (Phi) is 5.78. The first-order valence-electron chi connectivity index (χ1n) is 12.2. The Labute approximate surface area is 195 Å². The molecule has 0 amide bonds. The number of fused-ring (bicyclic) bond motifs is 1. The van der Waals surface area contributed by atoms with Gasteiger partial charge in [0.2, 0.25) is 0 Å². The number of nitrogens with one attached hydrogen (secondary N) is 1. The number of piperidine rings is 1. The van der Waals surface area contributed by atoms with Gasteiger partial charge in [-0.2, -0.15) is 0 Å². The molecule has 2 aliphatic rings. The van der Waals surface area contributed by atoms with E-state index < -0.39 is 0 Å². The van der Waals surface area contributed by atoms with Crippen LogP contribution in [-0.4, -0.2) is 52.7 Å². The van der Waals surface area contributed by atoms with Gasteiger partial charge in [-0.1, -0.05) is 20.8 Å². The third kappa shape index (κ3) is 4.19. The van der Waals surface area contributed by atoms with Crippen molar-refractivity contribution in [1.29, 1.82) is 0 Å². The molecule has 0 saturated carbocycles. The third-order valence-electron chi connectivity index (χ3n) is 7.27. The van der Waals surface area contributed by atoms with Crippen LogP contribution in [0.4, 0.5) is 4.39 Å². The number of pyridine rings is 2. The number of aromatic nitrogens is 3. The summed E-state index contributed by atoms with van der Waals surface area (Å²) in [5.74, 6) is 0.207. The molecule has 5 nitrogen and oxygen atoms in total. The van der Waals surface area contributed by atoms with E-state index in [0.717, 1.165) is 79.4 Å². The summed E-state index contributed by atoms with van der Waals surface area (Å²) in [5, 5.41) is 0.707. The van der Waals surface area contributed by atoms with Crippen LogP contribution in [0.5, 0.6) is 0 Å². The van der Waals surface area contributed by atoms with Crippen LogP contribution in [-0.2, 0) is 4.74 Å². The maximum absolute atomic E-state index is 16.1. The van der Waals surface area contributed by atoms with Crippen molar-refractivity contribution in [3.63, 3.8) is 0 Å². The molecule has 0 radical (unpaired) electrons. The second-order valence-corrected chi connectivity index (χ2v) is 10.8. The summed E-state index contributed by atoms with van der Waals surface area (Å²) in [5.41, 5.74) is 6.70. The van der Waals surface area contributed by atoms with E-state index in [1.54, 1.807) is 0 Å². The molecule has 0 unspecified atom stereocenters. The zero-order valence-corrected chi connectivity index (χ0v) is 20.5. The smallest absolute Gasteiger partial charge is 0.154 e. The quantitative estimate of drug-likeness (QED) is 0.540. The normalized spacial score (nSPS) is 19.4. The van der Waals surface area contributed by atoms with E-state index in [-0.39, 0.29) is 23.1 Å². The summed E-state index contributed by atoms with van der Waals surface area (Å²) in [6, 6.07) is 4.14. The van der Waals surface area contributed by atoms with E-state index in [1.165, 1.54) is 0 Å². The highest BCUT2D eigenvalue weighted by Crippen LogP contribution is 2.40. The number of halogens is 1. The standard InChI is InChI=1S/C27H35FN4O/c1-16(2)22-23-21(31-25(22)20-10-17(3)30-18(4)11-20)12-29-26(24(23)28)19-6-8-32(9-7-19)13-27(5)14-33-15-27/h10-12,16,19,31H,6-9,13-15H2,1-5H3. The van der Waals surface area contributed by atoms with Gasteiger partial charge >= 0.3 is 0 Å². The van der Waals surface area contributed by atoms with Crippen LogP contribution in [0.15, 0.2) is 18.3 Å². The zero-order valence-electron chi connectivity index (χ0n) is 20.5. The van der Waals surface area contributed by atoms with Crippen molar-refractivity contribution in [1.82, 2.24) is 19.9 Å². The molecule has 0 spiro atoms. The van der Waals surface area contributed by atoms with Crippen molar-refractivity contribution in [3.05, 3.63) is 46.8 Å². The number of aryl methyl sites for hydroxylation is 2. The van der Waals surface area contributed by atoms with E-state index in [2.05, 4.69) is 52.8 Å². The Morgan fingerprint density at radius 3 is 2.42 bits per heavy atom. The number of ether oxygens (including phenoxy) is 1. The van der Waals surface area contributed by atoms with Gasteiger partial charge in [-0.05, 0) is 63.4 Å². The minimum Gasteiger partial charge on any atom is -0.380 e. The number of rotatable bonds is 5. The van der Waals surface area contributed by atoms with Crippen molar-refractivity contribution in [2.45, 2.75) is 59.3 Å². The molecule has 2 saturated heterocycles. The first-order chi connectivity index (χ1) is 15.7. The van der Waals surface area contributed by atoms with E-state index in [9.17, 15) is 0 Å². The number of likely N-dealkylation sites (tertiary alicyclic amines) is 1. The van der Waals surface area contributed by atoms with Gasteiger partial charge in [-0.15, -0.1) is 0 Å². The van der Waals surface area contributed by atoms with Crippen LogP contribution < -0.4 is 0 Å². The highest BCUT2D eigenvalue weighted by atomic mass is 19.1. The van der Waals surface area contributed by atoms with Crippen molar-refractivity contribution in [2.24, 2.45) is 5.41 Å². The van der Waals surface area contributed by atoms with Gasteiger partial charge in [-0.3, -0.25) is 9.97 Å². The maximum Gasteiger partial charge on any atom is 0.154 e. The lowest BCUT2D eigenvalue weighted by molar-refractivity contribution is -0.116. The van der Waals surface area contributed by atoms with Crippen LogP contribution in [0.3, 0.4) is 0 Å². The number of nitrogens with zero attached hydrogens (tertiary/aromatic N) is 3. The van der Waals surface area contributed by atoms with Crippen LogP contribution in [0.2, 0.25) is 0 Å². The summed E-state index contributed by atoms with van der Waals surface area (Å²) in [6.45, 7) is 15.3. The predicted molar refractivity (Wildman–Crippen MR) is 130 cm³/mol. The van der Waals surface area contributed by atoms with Crippen LogP contribution in [0, 0.1) is 25.1 Å². The van der Waals surface area contributed by atoms with Crippen molar-refractivity contribution in [3.8, 4) is 11.3 Å². The van der Waals surface area contributed by atoms with Crippen molar-refractivity contribution >= 4 is 10.9 Å². The van der Waals surface area contributed by atoms with E-state index >= 15 is 4.39 Å². The molecule has 2 aliphatic heterocycles. The van der Waals surface area contributed by atoms with Crippen LogP contribution in [0.25, 0.3) is 22.2 Å². The molecule has 33 heavy (non-hydrogen) atoms. The molecule has 176 valence electrons. The molecule has 5 heterocycles. The monoisotopic (exact) mass is 450 g/mol. The minimum atomic E-state index is -0.140. The Hall–Kier alpha value is -2.31. The SMILES string of the molecule is Cc1cc(-c2[nH]c3cnc(C4CCN(CC5(C)COC5)CC4)c(F)c3c2C(C)C)cc(C)n1. The fraction of sp³-hybridized carbons (Fsp3) is 0.556. The number of hydrogen-bond acceptors (Lipinski definition) is 4. The summed E-state index contributed by atoms with van der Waals surface area (Å²) in [7, 11) is 0. The lowest BCUT2D eigenvalue weighted by atomic mass is 9.85. The van der Waals surface area contributed by atoms with Gasteiger partial charge in [0, 0.05) is 40.2 Å². The first kappa shape index (κ1) is 22.5. The Morgan fingerprint density at radius 1 is 1.18 bits per heavy atom. The largest absolute Gasteiger partial charge is 0.380 e. The third-order valence-corrected chi connectivity index (χ3v) is 7.27. The fourth-order valence-electron chi connectivity index (χ4n) is 5.70. The zero-order chi connectivity index (χ0) is 23.3. The molecule has 1 N–H and O–H groups in total. The lowest BCUT2D eigenvalue weighted by Crippen LogP contribution is -2.50. The highest BCUT2D eigenvalue weighted by molar-refractivity contribution is 5.91. The Bertz CT molecular complexity index is 1150.